The standard InChI is InChI=1S/C15H20NOS.C6H5ClO3S/c1-16(2,13-15-9-6-12-18-15)10-11-17-14-7-4-3-5-8-14;7-5-1-3-6(4-2-5)11(8,9)10/h3-9,12H,10-11,13H2,1-2H3;1-4H,(H,8,9,10)/q+1;/p-1. The highest BCUT2D eigenvalue weighted by molar-refractivity contribution is 7.85. The second-order valence-electron chi connectivity index (χ2n) is 6.97. The largest absolute Gasteiger partial charge is 0.744 e. The number of nitrogens with zero attached hydrogens (tertiary/aromatic N) is 1. The van der Waals surface area contributed by atoms with Crippen LogP contribution in [0.3, 0.4) is 0 Å². The number of quaternary nitrogens is 1. The summed E-state index contributed by atoms with van der Waals surface area (Å²) < 4.78 is 37.7. The number of hydrogen-bond donors (Lipinski definition) is 0. The van der Waals surface area contributed by atoms with Crippen LogP contribution in [0.5, 0.6) is 5.75 Å². The third-order valence-electron chi connectivity index (χ3n) is 3.97. The van der Waals surface area contributed by atoms with Gasteiger partial charge in [0.05, 0.1) is 23.9 Å². The molecule has 0 saturated carbocycles. The van der Waals surface area contributed by atoms with Gasteiger partial charge >= 0.3 is 0 Å². The highest BCUT2D eigenvalue weighted by atomic mass is 35.5. The maximum Gasteiger partial charge on any atom is 0.137 e. The molecular formula is C21H24ClNO4S2. The second kappa shape index (κ2) is 10.8. The Kier molecular flexibility index (Phi) is 8.67. The molecule has 0 fully saturated rings. The van der Waals surface area contributed by atoms with Crippen LogP contribution in [0.25, 0.3) is 0 Å². The summed E-state index contributed by atoms with van der Waals surface area (Å²) in [5.74, 6) is 0.952. The first-order valence-corrected chi connectivity index (χ1v) is 11.6. The zero-order chi connectivity index (χ0) is 21.3. The molecule has 0 N–H and O–H groups in total. The van der Waals surface area contributed by atoms with E-state index in [9.17, 15) is 13.0 Å². The predicted molar refractivity (Wildman–Crippen MR) is 116 cm³/mol. The Balaban J connectivity index is 0.000000234. The van der Waals surface area contributed by atoms with Gasteiger partial charge < -0.3 is 13.8 Å². The fourth-order valence-electron chi connectivity index (χ4n) is 2.43. The van der Waals surface area contributed by atoms with Crippen LogP contribution in [0.1, 0.15) is 4.88 Å². The summed E-state index contributed by atoms with van der Waals surface area (Å²) in [6, 6.07) is 19.4. The van der Waals surface area contributed by atoms with E-state index < -0.39 is 10.1 Å². The van der Waals surface area contributed by atoms with E-state index in [1.807, 2.05) is 41.7 Å². The van der Waals surface area contributed by atoms with Crippen molar-refractivity contribution in [2.24, 2.45) is 0 Å². The van der Waals surface area contributed by atoms with Gasteiger partial charge in [-0.2, -0.15) is 0 Å². The fourth-order valence-corrected chi connectivity index (χ4v) is 3.94. The normalized spacial score (nSPS) is 11.4. The maximum atomic E-state index is 10.3. The minimum atomic E-state index is -4.33. The van der Waals surface area contributed by atoms with Gasteiger partial charge in [-0.25, -0.2) is 8.42 Å². The molecule has 0 radical (unpaired) electrons. The van der Waals surface area contributed by atoms with E-state index in [4.69, 9.17) is 16.3 Å². The van der Waals surface area contributed by atoms with Crippen LogP contribution in [0.2, 0.25) is 5.02 Å². The fraction of sp³-hybridized carbons (Fsp3) is 0.238. The van der Waals surface area contributed by atoms with Gasteiger partial charge in [0.1, 0.15) is 35.6 Å². The summed E-state index contributed by atoms with van der Waals surface area (Å²) >= 11 is 7.29. The van der Waals surface area contributed by atoms with Gasteiger partial charge in [0.2, 0.25) is 0 Å². The van der Waals surface area contributed by atoms with E-state index in [0.29, 0.717) is 5.02 Å². The Morgan fingerprint density at radius 2 is 1.66 bits per heavy atom. The van der Waals surface area contributed by atoms with Crippen LogP contribution in [0.4, 0.5) is 0 Å². The maximum absolute atomic E-state index is 10.3. The van der Waals surface area contributed by atoms with E-state index in [1.54, 1.807) is 0 Å². The quantitative estimate of drug-likeness (QED) is 0.386. The predicted octanol–water partition coefficient (Wildman–Crippen LogP) is 4.65. The molecule has 2 aromatic carbocycles. The Morgan fingerprint density at radius 3 is 2.21 bits per heavy atom. The number of para-hydroxylation sites is 1. The lowest BCUT2D eigenvalue weighted by molar-refractivity contribution is -0.903. The molecule has 0 saturated heterocycles. The summed E-state index contributed by atoms with van der Waals surface area (Å²) in [4.78, 5) is 1.17. The van der Waals surface area contributed by atoms with Crippen LogP contribution in [0.15, 0.2) is 77.0 Å². The molecule has 156 valence electrons. The molecule has 1 heterocycles. The van der Waals surface area contributed by atoms with Crippen molar-refractivity contribution in [3.8, 4) is 5.75 Å². The van der Waals surface area contributed by atoms with Crippen LogP contribution < -0.4 is 4.74 Å². The zero-order valence-corrected chi connectivity index (χ0v) is 18.7. The molecule has 5 nitrogen and oxygen atoms in total. The van der Waals surface area contributed by atoms with Crippen molar-refractivity contribution in [2.75, 3.05) is 27.2 Å². The molecule has 0 aliphatic heterocycles. The summed E-state index contributed by atoms with van der Waals surface area (Å²) in [6.45, 7) is 2.82. The molecule has 0 bridgehead atoms. The highest BCUT2D eigenvalue weighted by Crippen LogP contribution is 2.15. The Bertz CT molecular complexity index is 958. The molecule has 3 aromatic rings. The van der Waals surface area contributed by atoms with Crippen molar-refractivity contribution in [3.63, 3.8) is 0 Å². The third kappa shape index (κ3) is 8.97. The number of benzene rings is 2. The molecule has 0 aliphatic rings. The number of likely N-dealkylation sites (N-methyl/N-ethyl adjacent to an activating group) is 1. The lowest BCUT2D eigenvalue weighted by atomic mass is 10.3. The van der Waals surface area contributed by atoms with Gasteiger partial charge in [-0.1, -0.05) is 35.9 Å². The van der Waals surface area contributed by atoms with Gasteiger partial charge in [0.25, 0.3) is 0 Å². The third-order valence-corrected chi connectivity index (χ3v) is 5.94. The first-order chi connectivity index (χ1) is 13.7. The number of hydrogen-bond acceptors (Lipinski definition) is 5. The van der Waals surface area contributed by atoms with Crippen LogP contribution in [-0.2, 0) is 16.7 Å². The summed E-state index contributed by atoms with van der Waals surface area (Å²) in [7, 11) is 0.160. The average Bonchev–Trinajstić information content (AvgIpc) is 3.15. The van der Waals surface area contributed by atoms with Crippen LogP contribution >= 0.6 is 22.9 Å². The highest BCUT2D eigenvalue weighted by Gasteiger charge is 2.16. The summed E-state index contributed by atoms with van der Waals surface area (Å²) in [5.41, 5.74) is 0. The molecule has 1 aromatic heterocycles. The Labute approximate surface area is 181 Å². The first kappa shape index (κ1) is 23.4. The van der Waals surface area contributed by atoms with Crippen molar-refractivity contribution in [3.05, 3.63) is 82.0 Å². The molecule has 8 heteroatoms. The molecule has 0 amide bonds. The van der Waals surface area contributed by atoms with E-state index in [-0.39, 0.29) is 4.90 Å². The Morgan fingerprint density at radius 1 is 1.00 bits per heavy atom. The van der Waals surface area contributed by atoms with Crippen LogP contribution in [0, 0.1) is 0 Å². The lowest BCUT2D eigenvalue weighted by Crippen LogP contribution is -2.41. The first-order valence-electron chi connectivity index (χ1n) is 8.89. The molecular weight excluding hydrogens is 430 g/mol. The minimum absolute atomic E-state index is 0.262. The van der Waals surface area contributed by atoms with E-state index >= 15 is 0 Å². The molecule has 0 atom stereocenters. The van der Waals surface area contributed by atoms with Crippen molar-refractivity contribution in [1.29, 1.82) is 0 Å². The topological polar surface area (TPSA) is 66.4 Å². The molecule has 0 aliphatic carbocycles. The van der Waals surface area contributed by atoms with Gasteiger partial charge in [0, 0.05) is 5.02 Å². The zero-order valence-electron chi connectivity index (χ0n) is 16.3. The molecule has 0 unspecified atom stereocenters. The number of thiophene rings is 1. The van der Waals surface area contributed by atoms with Crippen molar-refractivity contribution in [2.45, 2.75) is 11.4 Å². The monoisotopic (exact) mass is 453 g/mol. The average molecular weight is 454 g/mol. The van der Waals surface area contributed by atoms with Gasteiger partial charge in [-0.15, -0.1) is 11.3 Å². The Hall–Kier alpha value is -1.90. The van der Waals surface area contributed by atoms with Crippen molar-refractivity contribution < 1.29 is 22.2 Å². The van der Waals surface area contributed by atoms with Gasteiger partial charge in [0.15, 0.2) is 0 Å². The smallest absolute Gasteiger partial charge is 0.137 e. The molecule has 0 spiro atoms. The van der Waals surface area contributed by atoms with Crippen molar-refractivity contribution >= 4 is 33.1 Å². The minimum Gasteiger partial charge on any atom is -0.744 e. The number of ether oxygens (including phenoxy) is 1. The van der Waals surface area contributed by atoms with E-state index in [1.165, 1.54) is 29.1 Å². The molecule has 3 rings (SSSR count). The number of rotatable bonds is 7. The lowest BCUT2D eigenvalue weighted by Gasteiger charge is -2.29. The van der Waals surface area contributed by atoms with E-state index in [2.05, 4.69) is 31.6 Å². The summed E-state index contributed by atoms with van der Waals surface area (Å²) in [6.07, 6.45) is 0. The van der Waals surface area contributed by atoms with Gasteiger partial charge in [-0.05, 0) is 47.8 Å². The molecule has 29 heavy (non-hydrogen) atoms. The second-order valence-corrected chi connectivity index (χ2v) is 9.81. The van der Waals surface area contributed by atoms with Crippen LogP contribution in [-0.4, -0.2) is 44.7 Å². The van der Waals surface area contributed by atoms with Crippen molar-refractivity contribution in [1.82, 2.24) is 0 Å². The van der Waals surface area contributed by atoms with E-state index in [0.717, 1.165) is 29.9 Å². The number of halogens is 1. The summed E-state index contributed by atoms with van der Waals surface area (Å²) in [5, 5.41) is 2.54. The SMILES string of the molecule is C[N+](C)(CCOc1ccccc1)Cc1cccs1.O=S(=O)([O-])c1ccc(Cl)cc1. The van der Waals surface area contributed by atoms with Gasteiger partial charge in [-0.3, -0.25) is 0 Å².